The van der Waals surface area contributed by atoms with E-state index in [4.69, 9.17) is 14.6 Å². The molecule has 0 saturated carbocycles. The average Bonchev–Trinajstić information content (AvgIpc) is 2.15. The van der Waals surface area contributed by atoms with Crippen LogP contribution in [0.5, 0.6) is 0 Å². The summed E-state index contributed by atoms with van der Waals surface area (Å²) in [5, 5.41) is 36.6. The van der Waals surface area contributed by atoms with E-state index < -0.39 is 37.3 Å². The van der Waals surface area contributed by atoms with Crippen LogP contribution in [0.15, 0.2) is 0 Å². The molecule has 1 aliphatic heterocycles. The molecule has 5 atom stereocenters. The molecule has 13 heavy (non-hydrogen) atoms. The van der Waals surface area contributed by atoms with Crippen LogP contribution in [0, 0.1) is 0 Å². The van der Waals surface area contributed by atoms with Crippen LogP contribution in [-0.4, -0.2) is 64.8 Å². The number of hydrogen-bond acceptors (Lipinski definition) is 6. The van der Waals surface area contributed by atoms with E-state index in [9.17, 15) is 15.3 Å². The fourth-order valence-corrected chi connectivity index (χ4v) is 1.26. The highest BCUT2D eigenvalue weighted by molar-refractivity contribution is 4.88. The second-order valence-electron chi connectivity index (χ2n) is 2.93. The van der Waals surface area contributed by atoms with Gasteiger partial charge in [0.15, 0.2) is 6.29 Å². The van der Waals surface area contributed by atoms with Gasteiger partial charge < -0.3 is 29.9 Å². The van der Waals surface area contributed by atoms with E-state index in [2.05, 4.69) is 0 Å². The zero-order chi connectivity index (χ0) is 10.0. The average molecular weight is 194 g/mol. The van der Waals surface area contributed by atoms with E-state index in [0.29, 0.717) is 0 Å². The third-order valence-electron chi connectivity index (χ3n) is 2.08. The van der Waals surface area contributed by atoms with E-state index in [0.717, 1.165) is 0 Å². The molecule has 0 radical (unpaired) electrons. The van der Waals surface area contributed by atoms with Gasteiger partial charge in [-0.3, -0.25) is 0 Å². The van der Waals surface area contributed by atoms with Gasteiger partial charge in [-0.15, -0.1) is 0 Å². The van der Waals surface area contributed by atoms with E-state index in [-0.39, 0.29) is 0 Å². The molecule has 4 N–H and O–H groups in total. The summed E-state index contributed by atoms with van der Waals surface area (Å²) in [6.45, 7) is -0.440. The third kappa shape index (κ3) is 1.98. The first-order valence-electron chi connectivity index (χ1n) is 3.95. The normalized spacial score (nSPS) is 46.4. The highest BCUT2D eigenvalue weighted by Crippen LogP contribution is 2.20. The Balaban J connectivity index is 2.66. The Kier molecular flexibility index (Phi) is 3.60. The van der Waals surface area contributed by atoms with Crippen LogP contribution >= 0.6 is 0 Å². The number of ether oxygens (including phenoxy) is 2. The number of rotatable bonds is 2. The van der Waals surface area contributed by atoms with Gasteiger partial charge in [-0.25, -0.2) is 0 Å². The van der Waals surface area contributed by atoms with Crippen molar-refractivity contribution in [1.82, 2.24) is 0 Å². The molecule has 0 amide bonds. The Hall–Kier alpha value is -0.240. The zero-order valence-electron chi connectivity index (χ0n) is 7.20. The number of hydrogen-bond donors (Lipinski definition) is 4. The summed E-state index contributed by atoms with van der Waals surface area (Å²) >= 11 is 0. The van der Waals surface area contributed by atoms with Gasteiger partial charge in [0, 0.05) is 7.11 Å². The van der Waals surface area contributed by atoms with Crippen LogP contribution in [-0.2, 0) is 9.47 Å². The van der Waals surface area contributed by atoms with Crippen molar-refractivity contribution < 1.29 is 29.9 Å². The summed E-state index contributed by atoms with van der Waals surface area (Å²) in [5.74, 6) is 0. The first kappa shape index (κ1) is 10.8. The van der Waals surface area contributed by atoms with Gasteiger partial charge in [-0.1, -0.05) is 0 Å². The molecule has 0 aromatic rings. The molecule has 6 heteroatoms. The lowest BCUT2D eigenvalue weighted by molar-refractivity contribution is -0.294. The summed E-state index contributed by atoms with van der Waals surface area (Å²) < 4.78 is 9.65. The third-order valence-corrected chi connectivity index (χ3v) is 2.08. The number of aliphatic hydroxyl groups is 4. The molecule has 1 unspecified atom stereocenters. The second kappa shape index (κ2) is 4.32. The van der Waals surface area contributed by atoms with E-state index >= 15 is 0 Å². The van der Waals surface area contributed by atoms with Crippen LogP contribution < -0.4 is 0 Å². The van der Waals surface area contributed by atoms with Crippen molar-refractivity contribution in [3.8, 4) is 0 Å². The van der Waals surface area contributed by atoms with Gasteiger partial charge in [0.05, 0.1) is 6.61 Å². The van der Waals surface area contributed by atoms with Crippen LogP contribution in [0.3, 0.4) is 0 Å². The summed E-state index contributed by atoms with van der Waals surface area (Å²) in [7, 11) is 1.30. The fourth-order valence-electron chi connectivity index (χ4n) is 1.26. The molecule has 0 aliphatic carbocycles. The summed E-state index contributed by atoms with van der Waals surface area (Å²) in [4.78, 5) is 0. The Morgan fingerprint density at radius 3 is 2.23 bits per heavy atom. The van der Waals surface area contributed by atoms with Crippen molar-refractivity contribution in [3.05, 3.63) is 0 Å². The molecule has 0 spiro atoms. The maximum Gasteiger partial charge on any atom is 0.186 e. The zero-order valence-corrected chi connectivity index (χ0v) is 7.20. The largest absolute Gasteiger partial charge is 0.394 e. The lowest BCUT2D eigenvalue weighted by Gasteiger charge is -2.38. The molecule has 1 fully saturated rings. The molecule has 0 aromatic carbocycles. The van der Waals surface area contributed by atoms with Crippen molar-refractivity contribution >= 4 is 0 Å². The van der Waals surface area contributed by atoms with Crippen molar-refractivity contribution in [3.63, 3.8) is 0 Å². The smallest absolute Gasteiger partial charge is 0.186 e. The molecule has 6 nitrogen and oxygen atoms in total. The van der Waals surface area contributed by atoms with Crippen molar-refractivity contribution in [2.24, 2.45) is 0 Å². The van der Waals surface area contributed by atoms with Gasteiger partial charge in [0.2, 0.25) is 0 Å². The van der Waals surface area contributed by atoms with Gasteiger partial charge in [0.25, 0.3) is 0 Å². The Labute approximate surface area is 75.3 Å². The lowest BCUT2D eigenvalue weighted by atomic mass is 9.99. The molecule has 1 saturated heterocycles. The van der Waals surface area contributed by atoms with Gasteiger partial charge in [-0.2, -0.15) is 0 Å². The molecule has 78 valence electrons. The summed E-state index contributed by atoms with van der Waals surface area (Å²) in [5.41, 5.74) is 0. The monoisotopic (exact) mass is 194 g/mol. The van der Waals surface area contributed by atoms with E-state index in [1.54, 1.807) is 0 Å². The van der Waals surface area contributed by atoms with Gasteiger partial charge in [-0.05, 0) is 0 Å². The van der Waals surface area contributed by atoms with Crippen molar-refractivity contribution in [1.29, 1.82) is 0 Å². The number of aliphatic hydroxyl groups excluding tert-OH is 4. The number of methoxy groups -OCH3 is 1. The predicted octanol–water partition coefficient (Wildman–Crippen LogP) is -2.57. The lowest BCUT2D eigenvalue weighted by Crippen LogP contribution is -2.58. The minimum atomic E-state index is -1.36. The Bertz CT molecular complexity index is 143. The summed E-state index contributed by atoms with van der Waals surface area (Å²) in [6, 6.07) is 0. The van der Waals surface area contributed by atoms with Crippen LogP contribution in [0.1, 0.15) is 0 Å². The van der Waals surface area contributed by atoms with Crippen molar-refractivity contribution in [2.45, 2.75) is 30.7 Å². The molecule has 1 heterocycles. The minimum Gasteiger partial charge on any atom is -0.394 e. The van der Waals surface area contributed by atoms with E-state index in [1.807, 2.05) is 0 Å². The molecular formula is C7H14O6. The molecular weight excluding hydrogens is 180 g/mol. The molecule has 1 rings (SSSR count). The molecule has 0 bridgehead atoms. The van der Waals surface area contributed by atoms with Crippen LogP contribution in [0.4, 0.5) is 0 Å². The first-order valence-corrected chi connectivity index (χ1v) is 3.95. The maximum atomic E-state index is 9.28. The van der Waals surface area contributed by atoms with Gasteiger partial charge in [0.1, 0.15) is 24.4 Å². The van der Waals surface area contributed by atoms with Gasteiger partial charge >= 0.3 is 0 Å². The fraction of sp³-hybridized carbons (Fsp3) is 1.00. The standard InChI is InChI=1S/C7H14O6/c1-12-7-6(11)5(10)4(9)3(2-8)13-7/h3-11H,2H2,1H3/t3-,4-,5-,6-,7?/m1/s1. The minimum absolute atomic E-state index is 0.440. The van der Waals surface area contributed by atoms with Crippen molar-refractivity contribution in [2.75, 3.05) is 13.7 Å². The topological polar surface area (TPSA) is 99.4 Å². The maximum absolute atomic E-state index is 9.28. The predicted molar refractivity (Wildman–Crippen MR) is 40.8 cm³/mol. The summed E-state index contributed by atoms with van der Waals surface area (Å²) in [6.07, 6.45) is -5.91. The Morgan fingerprint density at radius 1 is 1.15 bits per heavy atom. The molecule has 0 aromatic heterocycles. The second-order valence-corrected chi connectivity index (χ2v) is 2.93. The highest BCUT2D eigenvalue weighted by Gasteiger charge is 2.43. The van der Waals surface area contributed by atoms with Crippen LogP contribution in [0.2, 0.25) is 0 Å². The van der Waals surface area contributed by atoms with Crippen LogP contribution in [0.25, 0.3) is 0 Å². The molecule has 1 aliphatic rings. The van der Waals surface area contributed by atoms with E-state index in [1.165, 1.54) is 7.11 Å². The quantitative estimate of drug-likeness (QED) is 0.386. The SMILES string of the molecule is COC1O[C@H](CO)[C@@H](O)[C@@H](O)[C@H]1O. The highest BCUT2D eigenvalue weighted by atomic mass is 16.7. The Morgan fingerprint density at radius 2 is 1.77 bits per heavy atom. The first-order chi connectivity index (χ1) is 6.11.